The molecule has 0 unspecified atom stereocenters. The Balaban J connectivity index is 1.59. The number of nitrogens with zero attached hydrogens (tertiary/aromatic N) is 3. The Hall–Kier alpha value is -2.04. The molecule has 130 valence electrons. The Bertz CT molecular complexity index is 615. The molecule has 24 heavy (non-hydrogen) atoms. The van der Waals surface area contributed by atoms with Crippen LogP contribution in [0.1, 0.15) is 30.4 Å². The van der Waals surface area contributed by atoms with Gasteiger partial charge in [0, 0.05) is 45.0 Å². The van der Waals surface area contributed by atoms with E-state index in [4.69, 9.17) is 0 Å². The molecule has 2 saturated heterocycles. The fourth-order valence-electron chi connectivity index (χ4n) is 3.60. The van der Waals surface area contributed by atoms with Crippen molar-refractivity contribution in [3.8, 4) is 0 Å². The Morgan fingerprint density at radius 3 is 2.00 bits per heavy atom. The van der Waals surface area contributed by atoms with Crippen LogP contribution in [0.2, 0.25) is 0 Å². The number of rotatable bonds is 1. The molecule has 1 aromatic rings. The highest BCUT2D eigenvalue weighted by Gasteiger charge is 2.30. The van der Waals surface area contributed by atoms with Gasteiger partial charge in [-0.1, -0.05) is 12.1 Å². The number of benzene rings is 1. The van der Waals surface area contributed by atoms with E-state index in [9.17, 15) is 9.59 Å². The Kier molecular flexibility index (Phi) is 5.07. The maximum Gasteiger partial charge on any atom is 0.312 e. The van der Waals surface area contributed by atoms with Gasteiger partial charge in [0.25, 0.3) is 0 Å². The lowest BCUT2D eigenvalue weighted by Gasteiger charge is -2.37. The molecule has 0 saturated carbocycles. The molecule has 2 heterocycles. The van der Waals surface area contributed by atoms with E-state index >= 15 is 0 Å². The minimum absolute atomic E-state index is 0.310. The van der Waals surface area contributed by atoms with Crippen molar-refractivity contribution in [1.82, 2.24) is 9.80 Å². The van der Waals surface area contributed by atoms with Gasteiger partial charge in [-0.3, -0.25) is 9.59 Å². The van der Waals surface area contributed by atoms with Gasteiger partial charge in [-0.2, -0.15) is 0 Å². The summed E-state index contributed by atoms with van der Waals surface area (Å²) in [6, 6.07) is 6.34. The molecule has 2 fully saturated rings. The monoisotopic (exact) mass is 329 g/mol. The summed E-state index contributed by atoms with van der Waals surface area (Å²) in [4.78, 5) is 30.6. The molecular formula is C19H27N3O2. The first-order valence-corrected chi connectivity index (χ1v) is 8.97. The molecule has 0 spiro atoms. The van der Waals surface area contributed by atoms with E-state index in [1.165, 1.54) is 16.8 Å². The second-order valence-corrected chi connectivity index (χ2v) is 6.85. The molecule has 0 aromatic heterocycles. The molecule has 0 aliphatic carbocycles. The van der Waals surface area contributed by atoms with E-state index in [0.29, 0.717) is 13.1 Å². The first kappa shape index (κ1) is 16.8. The zero-order chi connectivity index (χ0) is 17.1. The van der Waals surface area contributed by atoms with Crippen LogP contribution in [0.3, 0.4) is 0 Å². The Morgan fingerprint density at radius 1 is 0.792 bits per heavy atom. The number of anilines is 1. The molecule has 0 N–H and O–H groups in total. The number of piperazine rings is 1. The van der Waals surface area contributed by atoms with Crippen molar-refractivity contribution in [1.29, 1.82) is 0 Å². The third-order valence-corrected chi connectivity index (χ3v) is 5.31. The molecule has 1 aromatic carbocycles. The largest absolute Gasteiger partial charge is 0.368 e. The van der Waals surface area contributed by atoms with Gasteiger partial charge in [-0.15, -0.1) is 0 Å². The molecule has 5 nitrogen and oxygen atoms in total. The van der Waals surface area contributed by atoms with Crippen molar-refractivity contribution in [2.24, 2.45) is 0 Å². The molecular weight excluding hydrogens is 302 g/mol. The Labute approximate surface area is 144 Å². The molecule has 0 bridgehead atoms. The summed E-state index contributed by atoms with van der Waals surface area (Å²) < 4.78 is 0. The average molecular weight is 329 g/mol. The fourth-order valence-corrected chi connectivity index (χ4v) is 3.60. The van der Waals surface area contributed by atoms with E-state index in [-0.39, 0.29) is 11.8 Å². The number of amides is 2. The maximum atomic E-state index is 12.5. The number of carbonyl (C=O) groups excluding carboxylic acids is 2. The summed E-state index contributed by atoms with van der Waals surface area (Å²) in [5, 5.41) is 0. The van der Waals surface area contributed by atoms with Crippen LogP contribution in [-0.4, -0.2) is 60.9 Å². The van der Waals surface area contributed by atoms with Crippen molar-refractivity contribution in [3.63, 3.8) is 0 Å². The van der Waals surface area contributed by atoms with Crippen LogP contribution in [-0.2, 0) is 9.59 Å². The summed E-state index contributed by atoms with van der Waals surface area (Å²) in [6.07, 6.45) is 3.19. The van der Waals surface area contributed by atoms with Gasteiger partial charge in [-0.25, -0.2) is 0 Å². The Morgan fingerprint density at radius 2 is 1.38 bits per heavy atom. The van der Waals surface area contributed by atoms with Crippen molar-refractivity contribution >= 4 is 17.5 Å². The zero-order valence-corrected chi connectivity index (χ0v) is 14.8. The van der Waals surface area contributed by atoms with E-state index < -0.39 is 0 Å². The molecule has 2 amide bonds. The second kappa shape index (κ2) is 7.24. The van der Waals surface area contributed by atoms with E-state index in [2.05, 4.69) is 36.9 Å². The first-order chi connectivity index (χ1) is 11.6. The minimum atomic E-state index is -0.322. The smallest absolute Gasteiger partial charge is 0.312 e. The summed E-state index contributed by atoms with van der Waals surface area (Å²) in [6.45, 7) is 8.52. The highest BCUT2D eigenvalue weighted by Crippen LogP contribution is 2.24. The van der Waals surface area contributed by atoms with Gasteiger partial charge >= 0.3 is 11.8 Å². The van der Waals surface area contributed by atoms with Crippen LogP contribution in [0.15, 0.2) is 18.2 Å². The molecule has 2 aliphatic rings. The van der Waals surface area contributed by atoms with Gasteiger partial charge in [0.2, 0.25) is 0 Å². The molecule has 3 rings (SSSR count). The fraction of sp³-hybridized carbons (Fsp3) is 0.579. The predicted octanol–water partition coefficient (Wildman–Crippen LogP) is 1.96. The third kappa shape index (κ3) is 3.40. The van der Waals surface area contributed by atoms with Crippen LogP contribution in [0, 0.1) is 13.8 Å². The van der Waals surface area contributed by atoms with Gasteiger partial charge in [0.15, 0.2) is 0 Å². The number of carbonyl (C=O) groups is 2. The normalized spacial score (nSPS) is 18.7. The van der Waals surface area contributed by atoms with Crippen LogP contribution < -0.4 is 4.90 Å². The SMILES string of the molecule is Cc1cccc(N2CCN(C(=O)C(=O)N3CCCCC3)CC2)c1C. The lowest BCUT2D eigenvalue weighted by atomic mass is 10.1. The lowest BCUT2D eigenvalue weighted by Crippen LogP contribution is -2.54. The first-order valence-electron chi connectivity index (χ1n) is 8.97. The van der Waals surface area contributed by atoms with Crippen LogP contribution in [0.25, 0.3) is 0 Å². The minimum Gasteiger partial charge on any atom is -0.368 e. The topological polar surface area (TPSA) is 43.9 Å². The highest BCUT2D eigenvalue weighted by molar-refractivity contribution is 6.34. The zero-order valence-electron chi connectivity index (χ0n) is 14.8. The van der Waals surface area contributed by atoms with Crippen molar-refractivity contribution in [3.05, 3.63) is 29.3 Å². The highest BCUT2D eigenvalue weighted by atomic mass is 16.2. The van der Waals surface area contributed by atoms with Gasteiger partial charge < -0.3 is 14.7 Å². The number of aryl methyl sites for hydroxylation is 1. The maximum absolute atomic E-state index is 12.5. The summed E-state index contributed by atoms with van der Waals surface area (Å²) in [5.74, 6) is -0.632. The summed E-state index contributed by atoms with van der Waals surface area (Å²) in [5.41, 5.74) is 3.82. The van der Waals surface area contributed by atoms with Crippen LogP contribution in [0.5, 0.6) is 0 Å². The van der Waals surface area contributed by atoms with Gasteiger partial charge in [0.05, 0.1) is 0 Å². The quantitative estimate of drug-likeness (QED) is 0.740. The number of hydrogen-bond acceptors (Lipinski definition) is 3. The number of likely N-dealkylation sites (tertiary alicyclic amines) is 1. The molecule has 0 atom stereocenters. The van der Waals surface area contributed by atoms with E-state index in [0.717, 1.165) is 45.4 Å². The number of hydrogen-bond donors (Lipinski definition) is 0. The van der Waals surface area contributed by atoms with Crippen molar-refractivity contribution < 1.29 is 9.59 Å². The number of piperidine rings is 1. The van der Waals surface area contributed by atoms with Crippen molar-refractivity contribution in [2.45, 2.75) is 33.1 Å². The van der Waals surface area contributed by atoms with Gasteiger partial charge in [0.1, 0.15) is 0 Å². The predicted molar refractivity (Wildman–Crippen MR) is 95.1 cm³/mol. The third-order valence-electron chi connectivity index (χ3n) is 5.31. The standard InChI is InChI=1S/C19H27N3O2/c1-15-7-6-8-17(16(15)2)20-11-13-22(14-12-20)19(24)18(23)21-9-4-3-5-10-21/h6-8H,3-5,9-14H2,1-2H3. The molecule has 0 radical (unpaired) electrons. The van der Waals surface area contributed by atoms with E-state index in [1.54, 1.807) is 9.80 Å². The average Bonchev–Trinajstić information content (AvgIpc) is 2.64. The summed E-state index contributed by atoms with van der Waals surface area (Å²) >= 11 is 0. The summed E-state index contributed by atoms with van der Waals surface area (Å²) in [7, 11) is 0. The second-order valence-electron chi connectivity index (χ2n) is 6.85. The van der Waals surface area contributed by atoms with Gasteiger partial charge in [-0.05, 0) is 50.3 Å². The van der Waals surface area contributed by atoms with Crippen molar-refractivity contribution in [2.75, 3.05) is 44.2 Å². The van der Waals surface area contributed by atoms with Crippen LogP contribution >= 0.6 is 0 Å². The van der Waals surface area contributed by atoms with Crippen LogP contribution in [0.4, 0.5) is 5.69 Å². The van der Waals surface area contributed by atoms with E-state index in [1.807, 2.05) is 0 Å². The lowest BCUT2D eigenvalue weighted by molar-refractivity contribution is -0.152. The molecule has 5 heteroatoms. The molecule has 2 aliphatic heterocycles.